The Bertz CT molecular complexity index is 803. The molecule has 0 amide bonds. The zero-order valence-corrected chi connectivity index (χ0v) is 13.8. The molecule has 2 N–H and O–H groups in total. The van der Waals surface area contributed by atoms with Gasteiger partial charge in [0.2, 0.25) is 10.0 Å². The summed E-state index contributed by atoms with van der Waals surface area (Å²) >= 11 is 0. The number of nitrogens with one attached hydrogen (secondary N) is 2. The minimum absolute atomic E-state index is 0.0642. The van der Waals surface area contributed by atoms with Gasteiger partial charge in [-0.15, -0.1) is 0 Å². The van der Waals surface area contributed by atoms with Crippen molar-refractivity contribution in [2.24, 2.45) is 0 Å². The van der Waals surface area contributed by atoms with Gasteiger partial charge in [0.15, 0.2) is 0 Å². The van der Waals surface area contributed by atoms with E-state index in [4.69, 9.17) is 0 Å². The van der Waals surface area contributed by atoms with Crippen LogP contribution in [0.4, 0.5) is 20.2 Å². The summed E-state index contributed by atoms with van der Waals surface area (Å²) in [5.41, 5.74) is 1.65. The Morgan fingerprint density at radius 2 is 1.70 bits per heavy atom. The highest BCUT2D eigenvalue weighted by Crippen LogP contribution is 2.27. The summed E-state index contributed by atoms with van der Waals surface area (Å²) in [5.74, 6) is -1.27. The predicted molar refractivity (Wildman–Crippen MR) is 88.0 cm³/mol. The van der Waals surface area contributed by atoms with E-state index in [0.717, 1.165) is 11.8 Å². The third-order valence-corrected chi connectivity index (χ3v) is 3.94. The molecule has 0 heterocycles. The van der Waals surface area contributed by atoms with Gasteiger partial charge in [-0.25, -0.2) is 17.2 Å². The second kappa shape index (κ2) is 6.54. The van der Waals surface area contributed by atoms with Gasteiger partial charge in [0.05, 0.1) is 18.0 Å². The number of aryl methyl sites for hydroxylation is 1. The third-order valence-electron chi connectivity index (χ3n) is 3.35. The molecule has 0 saturated heterocycles. The molecule has 2 aromatic carbocycles. The van der Waals surface area contributed by atoms with E-state index in [0.29, 0.717) is 11.4 Å². The monoisotopic (exact) mass is 340 g/mol. The van der Waals surface area contributed by atoms with Crippen LogP contribution in [0.15, 0.2) is 36.4 Å². The van der Waals surface area contributed by atoms with Gasteiger partial charge < -0.3 is 5.32 Å². The Labute approximate surface area is 134 Å². The minimum Gasteiger partial charge on any atom is -0.378 e. The average Bonchev–Trinajstić information content (AvgIpc) is 2.41. The lowest BCUT2D eigenvalue weighted by Gasteiger charge is -2.18. The molecule has 0 spiro atoms. The van der Waals surface area contributed by atoms with Crippen LogP contribution in [0.2, 0.25) is 0 Å². The molecule has 0 saturated carbocycles. The third kappa shape index (κ3) is 4.41. The fraction of sp³-hybridized carbons (Fsp3) is 0.250. The zero-order valence-electron chi connectivity index (χ0n) is 13.0. The molecular formula is C16H18F2N2O2S. The van der Waals surface area contributed by atoms with Gasteiger partial charge in [-0.2, -0.15) is 0 Å². The van der Waals surface area contributed by atoms with E-state index in [1.165, 1.54) is 18.2 Å². The van der Waals surface area contributed by atoms with Gasteiger partial charge in [0, 0.05) is 11.3 Å². The van der Waals surface area contributed by atoms with Crippen LogP contribution in [0, 0.1) is 18.6 Å². The molecule has 1 atom stereocenters. The highest BCUT2D eigenvalue weighted by atomic mass is 32.2. The van der Waals surface area contributed by atoms with E-state index in [1.54, 1.807) is 32.0 Å². The van der Waals surface area contributed by atoms with Gasteiger partial charge in [0.25, 0.3) is 0 Å². The Morgan fingerprint density at radius 3 is 2.26 bits per heavy atom. The number of halogens is 2. The van der Waals surface area contributed by atoms with Gasteiger partial charge in [-0.1, -0.05) is 12.1 Å². The predicted octanol–water partition coefficient (Wildman–Crippen LogP) is 3.82. The van der Waals surface area contributed by atoms with Gasteiger partial charge >= 0.3 is 0 Å². The summed E-state index contributed by atoms with van der Waals surface area (Å²) in [5, 5.41) is 2.98. The van der Waals surface area contributed by atoms with Crippen LogP contribution in [-0.2, 0) is 10.0 Å². The van der Waals surface area contributed by atoms with E-state index in [1.807, 2.05) is 0 Å². The summed E-state index contributed by atoms with van der Waals surface area (Å²) in [6, 6.07) is 8.11. The van der Waals surface area contributed by atoms with Crippen LogP contribution >= 0.6 is 0 Å². The summed E-state index contributed by atoms with van der Waals surface area (Å²) in [6.45, 7) is 3.39. The number of anilines is 2. The maximum Gasteiger partial charge on any atom is 0.229 e. The van der Waals surface area contributed by atoms with Crippen molar-refractivity contribution in [2.75, 3.05) is 16.3 Å². The van der Waals surface area contributed by atoms with E-state index in [-0.39, 0.29) is 5.56 Å². The van der Waals surface area contributed by atoms with Crippen molar-refractivity contribution in [1.82, 2.24) is 0 Å². The van der Waals surface area contributed by atoms with E-state index in [2.05, 4.69) is 10.0 Å². The maximum absolute atomic E-state index is 13.8. The number of benzene rings is 2. The molecule has 23 heavy (non-hydrogen) atoms. The number of hydrogen-bond acceptors (Lipinski definition) is 3. The lowest BCUT2D eigenvalue weighted by Crippen LogP contribution is -2.13. The topological polar surface area (TPSA) is 58.2 Å². The Kier molecular flexibility index (Phi) is 4.89. The largest absolute Gasteiger partial charge is 0.378 e. The molecular weight excluding hydrogens is 322 g/mol. The summed E-state index contributed by atoms with van der Waals surface area (Å²) in [4.78, 5) is 0. The van der Waals surface area contributed by atoms with Crippen LogP contribution in [0.1, 0.15) is 24.1 Å². The molecule has 0 aliphatic rings. The van der Waals surface area contributed by atoms with Crippen molar-refractivity contribution in [3.8, 4) is 0 Å². The van der Waals surface area contributed by atoms with E-state index < -0.39 is 27.7 Å². The van der Waals surface area contributed by atoms with E-state index in [9.17, 15) is 17.2 Å². The Morgan fingerprint density at radius 1 is 1.09 bits per heavy atom. The molecule has 124 valence electrons. The molecule has 2 rings (SSSR count). The normalized spacial score (nSPS) is 12.7. The molecule has 0 aromatic heterocycles. The summed E-state index contributed by atoms with van der Waals surface area (Å²) < 4.78 is 52.7. The van der Waals surface area contributed by atoms with Crippen LogP contribution in [0.5, 0.6) is 0 Å². The fourth-order valence-corrected chi connectivity index (χ4v) is 2.89. The Balaban J connectivity index is 2.28. The fourth-order valence-electron chi connectivity index (χ4n) is 2.27. The molecule has 7 heteroatoms. The standard InChI is InChI=1S/C16H18F2N2O2S/c1-10-7-8-12(9-15(10)20-23(3,21)22)19-11(2)16-13(17)5-4-6-14(16)18/h4-9,11,19-20H,1-3H3. The van der Waals surface area contributed by atoms with Gasteiger partial charge in [-0.05, 0) is 43.7 Å². The van der Waals surface area contributed by atoms with Crippen LogP contribution < -0.4 is 10.0 Å². The molecule has 0 fully saturated rings. The quantitative estimate of drug-likeness (QED) is 0.870. The lowest BCUT2D eigenvalue weighted by molar-refractivity contribution is 0.544. The molecule has 0 aliphatic carbocycles. The summed E-state index contributed by atoms with van der Waals surface area (Å²) in [6.07, 6.45) is 1.06. The smallest absolute Gasteiger partial charge is 0.229 e. The first-order valence-corrected chi connectivity index (χ1v) is 8.85. The molecule has 0 aliphatic heterocycles. The SMILES string of the molecule is Cc1ccc(NC(C)c2c(F)cccc2F)cc1NS(C)(=O)=O. The minimum atomic E-state index is -3.41. The first kappa shape index (κ1) is 17.2. The van der Waals surface area contributed by atoms with Crippen molar-refractivity contribution in [2.45, 2.75) is 19.9 Å². The molecule has 0 bridgehead atoms. The molecule has 0 radical (unpaired) electrons. The van der Waals surface area contributed by atoms with Crippen molar-refractivity contribution in [3.63, 3.8) is 0 Å². The van der Waals surface area contributed by atoms with Gasteiger partial charge in [0.1, 0.15) is 11.6 Å². The van der Waals surface area contributed by atoms with Crippen LogP contribution in [-0.4, -0.2) is 14.7 Å². The van der Waals surface area contributed by atoms with Crippen molar-refractivity contribution >= 4 is 21.4 Å². The second-order valence-corrected chi connectivity index (χ2v) is 7.15. The zero-order chi connectivity index (χ0) is 17.2. The average molecular weight is 340 g/mol. The number of rotatable bonds is 5. The highest BCUT2D eigenvalue weighted by Gasteiger charge is 2.16. The van der Waals surface area contributed by atoms with Crippen molar-refractivity contribution < 1.29 is 17.2 Å². The highest BCUT2D eigenvalue weighted by molar-refractivity contribution is 7.92. The van der Waals surface area contributed by atoms with Crippen LogP contribution in [0.25, 0.3) is 0 Å². The Hall–Kier alpha value is -2.15. The molecule has 4 nitrogen and oxygen atoms in total. The molecule has 2 aromatic rings. The maximum atomic E-state index is 13.8. The second-order valence-electron chi connectivity index (χ2n) is 5.41. The molecule has 1 unspecified atom stereocenters. The summed E-state index contributed by atoms with van der Waals surface area (Å²) in [7, 11) is -3.41. The number of hydrogen-bond donors (Lipinski definition) is 2. The van der Waals surface area contributed by atoms with Crippen LogP contribution in [0.3, 0.4) is 0 Å². The van der Waals surface area contributed by atoms with E-state index >= 15 is 0 Å². The van der Waals surface area contributed by atoms with Gasteiger partial charge in [-0.3, -0.25) is 4.72 Å². The number of sulfonamides is 1. The first-order valence-electron chi connectivity index (χ1n) is 6.96. The van der Waals surface area contributed by atoms with Crippen molar-refractivity contribution in [3.05, 3.63) is 59.2 Å². The first-order chi connectivity index (χ1) is 10.7. The van der Waals surface area contributed by atoms with Crippen molar-refractivity contribution in [1.29, 1.82) is 0 Å². The lowest BCUT2D eigenvalue weighted by atomic mass is 10.1.